The van der Waals surface area contributed by atoms with Crippen LogP contribution in [0.3, 0.4) is 0 Å². The molecular weight excluding hydrogens is 246 g/mol. The van der Waals surface area contributed by atoms with Gasteiger partial charge >= 0.3 is 0 Å². The minimum absolute atomic E-state index is 0.270. The summed E-state index contributed by atoms with van der Waals surface area (Å²) in [5.74, 6) is 0.861. The fourth-order valence-corrected chi connectivity index (χ4v) is 2.95. The van der Waals surface area contributed by atoms with E-state index in [-0.39, 0.29) is 5.25 Å². The molecule has 0 aliphatic heterocycles. The average molecular weight is 267 g/mol. The molecule has 1 heterocycles. The maximum absolute atomic E-state index is 9.22. The molecule has 0 aliphatic rings. The van der Waals surface area contributed by atoms with Crippen LogP contribution in [0.15, 0.2) is 9.64 Å². The summed E-state index contributed by atoms with van der Waals surface area (Å²) in [6.45, 7) is 10.7. The molecule has 100 valence electrons. The topological polar surface area (TPSA) is 61.9 Å². The van der Waals surface area contributed by atoms with Gasteiger partial charge in [-0.05, 0) is 33.7 Å². The summed E-state index contributed by atoms with van der Waals surface area (Å²) in [4.78, 5) is 4.35. The number of aryl methyl sites for hydroxylation is 2. The van der Waals surface area contributed by atoms with Crippen LogP contribution >= 0.6 is 11.8 Å². The minimum Gasteiger partial charge on any atom is -0.437 e. The fourth-order valence-electron chi connectivity index (χ4n) is 1.83. The first-order valence-corrected chi connectivity index (χ1v) is 7.05. The number of hydrogen-bond acceptors (Lipinski definition) is 5. The van der Waals surface area contributed by atoms with Gasteiger partial charge in [-0.15, -0.1) is 0 Å². The van der Waals surface area contributed by atoms with Crippen LogP contribution < -0.4 is 5.32 Å². The van der Waals surface area contributed by atoms with Gasteiger partial charge < -0.3 is 4.42 Å². The van der Waals surface area contributed by atoms with Crippen LogP contribution in [0, 0.1) is 25.2 Å². The third kappa shape index (κ3) is 4.04. The van der Waals surface area contributed by atoms with Crippen molar-refractivity contribution in [2.75, 3.05) is 6.54 Å². The van der Waals surface area contributed by atoms with Crippen molar-refractivity contribution in [1.82, 2.24) is 10.3 Å². The van der Waals surface area contributed by atoms with Crippen molar-refractivity contribution < 1.29 is 4.42 Å². The predicted molar refractivity (Wildman–Crippen MR) is 73.6 cm³/mol. The lowest BCUT2D eigenvalue weighted by molar-refractivity contribution is 0.417. The molecule has 2 unspecified atom stereocenters. The van der Waals surface area contributed by atoms with E-state index in [2.05, 4.69) is 23.3 Å². The molecule has 4 nitrogen and oxygen atoms in total. The second-order valence-corrected chi connectivity index (χ2v) is 6.12. The number of rotatable bonds is 6. The Hall–Kier alpha value is -0.990. The Kier molecular flexibility index (Phi) is 5.24. The van der Waals surface area contributed by atoms with Crippen LogP contribution in [-0.2, 0) is 0 Å². The van der Waals surface area contributed by atoms with E-state index < -0.39 is 5.54 Å². The van der Waals surface area contributed by atoms with Crippen molar-refractivity contribution in [3.8, 4) is 6.07 Å². The number of oxazole rings is 1. The molecular formula is C13H21N3OS. The molecule has 0 aliphatic carbocycles. The molecule has 0 bridgehead atoms. The van der Waals surface area contributed by atoms with Gasteiger partial charge in [0.05, 0.1) is 11.8 Å². The number of aromatic nitrogens is 1. The predicted octanol–water partition coefficient (Wildman–Crippen LogP) is 3.05. The van der Waals surface area contributed by atoms with E-state index in [0.29, 0.717) is 5.22 Å². The lowest BCUT2D eigenvalue weighted by atomic mass is 9.98. The van der Waals surface area contributed by atoms with Crippen LogP contribution in [0.2, 0.25) is 0 Å². The minimum atomic E-state index is -0.488. The first kappa shape index (κ1) is 15.1. The number of nitrogens with zero attached hydrogens (tertiary/aromatic N) is 2. The lowest BCUT2D eigenvalue weighted by Gasteiger charge is -2.25. The van der Waals surface area contributed by atoms with E-state index in [1.807, 2.05) is 27.7 Å². The standard InChI is InChI=1S/C13H21N3OS/c1-6-15-13(5,8-14)7-9(2)18-12-16-10(3)11(4)17-12/h9,15H,6-7H2,1-5H3. The van der Waals surface area contributed by atoms with E-state index >= 15 is 0 Å². The van der Waals surface area contributed by atoms with Crippen molar-refractivity contribution in [3.63, 3.8) is 0 Å². The second-order valence-electron chi connectivity index (χ2n) is 4.73. The molecule has 2 atom stereocenters. The molecule has 0 spiro atoms. The summed E-state index contributed by atoms with van der Waals surface area (Å²) in [6, 6.07) is 2.34. The number of nitriles is 1. The molecule has 5 heteroatoms. The summed E-state index contributed by atoms with van der Waals surface area (Å²) in [5.41, 5.74) is 0.442. The quantitative estimate of drug-likeness (QED) is 0.803. The maximum atomic E-state index is 9.22. The van der Waals surface area contributed by atoms with Gasteiger partial charge in [0.15, 0.2) is 0 Å². The Morgan fingerprint density at radius 2 is 2.22 bits per heavy atom. The average Bonchev–Trinajstić information content (AvgIpc) is 2.57. The largest absolute Gasteiger partial charge is 0.437 e. The molecule has 0 aromatic carbocycles. The Morgan fingerprint density at radius 1 is 1.56 bits per heavy atom. The van der Waals surface area contributed by atoms with Crippen LogP contribution in [0.4, 0.5) is 0 Å². The summed E-state index contributed by atoms with van der Waals surface area (Å²) in [6.07, 6.45) is 0.752. The molecule has 0 saturated heterocycles. The first-order chi connectivity index (χ1) is 8.40. The first-order valence-electron chi connectivity index (χ1n) is 6.17. The Bertz CT molecular complexity index is 418. The molecule has 0 fully saturated rings. The molecule has 1 rings (SSSR count). The van der Waals surface area contributed by atoms with Crippen molar-refractivity contribution in [2.24, 2.45) is 0 Å². The molecule has 1 aromatic heterocycles. The summed E-state index contributed by atoms with van der Waals surface area (Å²) in [7, 11) is 0. The van der Waals surface area contributed by atoms with Gasteiger partial charge in [0.1, 0.15) is 11.3 Å². The fraction of sp³-hybridized carbons (Fsp3) is 0.692. The van der Waals surface area contributed by atoms with E-state index in [1.54, 1.807) is 11.8 Å². The highest BCUT2D eigenvalue weighted by atomic mass is 32.2. The van der Waals surface area contributed by atoms with Gasteiger partial charge in [0, 0.05) is 5.25 Å². The zero-order valence-electron chi connectivity index (χ0n) is 11.7. The van der Waals surface area contributed by atoms with E-state index in [0.717, 1.165) is 24.4 Å². The van der Waals surface area contributed by atoms with Gasteiger partial charge in [-0.2, -0.15) is 5.26 Å². The van der Waals surface area contributed by atoms with Crippen molar-refractivity contribution >= 4 is 11.8 Å². The summed E-state index contributed by atoms with van der Waals surface area (Å²) >= 11 is 1.58. The molecule has 1 aromatic rings. The van der Waals surface area contributed by atoms with Crippen molar-refractivity contribution in [1.29, 1.82) is 5.26 Å². The normalized spacial score (nSPS) is 16.0. The van der Waals surface area contributed by atoms with Gasteiger partial charge in [-0.25, -0.2) is 4.98 Å². The molecule has 0 saturated carbocycles. The van der Waals surface area contributed by atoms with Gasteiger partial charge in [0.25, 0.3) is 5.22 Å². The van der Waals surface area contributed by atoms with E-state index in [4.69, 9.17) is 4.42 Å². The smallest absolute Gasteiger partial charge is 0.256 e. The third-order valence-electron chi connectivity index (χ3n) is 2.82. The van der Waals surface area contributed by atoms with Gasteiger partial charge in [-0.1, -0.05) is 25.6 Å². The Balaban J connectivity index is 2.61. The highest BCUT2D eigenvalue weighted by Crippen LogP contribution is 2.29. The van der Waals surface area contributed by atoms with Gasteiger partial charge in [-0.3, -0.25) is 5.32 Å². The highest BCUT2D eigenvalue weighted by Gasteiger charge is 2.26. The van der Waals surface area contributed by atoms with Crippen molar-refractivity contribution in [2.45, 2.75) is 57.1 Å². The third-order valence-corrected chi connectivity index (χ3v) is 3.77. The van der Waals surface area contributed by atoms with Crippen LogP contribution in [0.25, 0.3) is 0 Å². The van der Waals surface area contributed by atoms with Crippen LogP contribution in [0.5, 0.6) is 0 Å². The molecule has 1 N–H and O–H groups in total. The Labute approximate surface area is 113 Å². The Morgan fingerprint density at radius 3 is 2.67 bits per heavy atom. The zero-order valence-corrected chi connectivity index (χ0v) is 12.5. The van der Waals surface area contributed by atoms with E-state index in [9.17, 15) is 5.26 Å². The number of hydrogen-bond donors (Lipinski definition) is 1. The zero-order chi connectivity index (χ0) is 13.8. The van der Waals surface area contributed by atoms with E-state index in [1.165, 1.54) is 0 Å². The molecule has 0 radical (unpaired) electrons. The van der Waals surface area contributed by atoms with Gasteiger partial charge in [0.2, 0.25) is 0 Å². The monoisotopic (exact) mass is 267 g/mol. The number of nitrogens with one attached hydrogen (secondary N) is 1. The van der Waals surface area contributed by atoms with Crippen LogP contribution in [0.1, 0.15) is 38.6 Å². The number of thioether (sulfide) groups is 1. The van der Waals surface area contributed by atoms with Crippen LogP contribution in [-0.4, -0.2) is 22.3 Å². The lowest BCUT2D eigenvalue weighted by Crippen LogP contribution is -2.42. The SMILES string of the molecule is CCNC(C)(C#N)CC(C)Sc1nc(C)c(C)o1. The summed E-state index contributed by atoms with van der Waals surface area (Å²) in [5, 5.41) is 13.4. The molecule has 0 amide bonds. The summed E-state index contributed by atoms with van der Waals surface area (Å²) < 4.78 is 5.54. The molecule has 18 heavy (non-hydrogen) atoms. The highest BCUT2D eigenvalue weighted by molar-refractivity contribution is 7.99. The second kappa shape index (κ2) is 6.26. The van der Waals surface area contributed by atoms with Crippen molar-refractivity contribution in [3.05, 3.63) is 11.5 Å². The maximum Gasteiger partial charge on any atom is 0.256 e.